The van der Waals surface area contributed by atoms with E-state index in [1.165, 1.54) is 21.1 Å². The molecule has 8 N–H and O–H groups in total. The number of dihydropyridines is 1. The fourth-order valence-electron chi connectivity index (χ4n) is 11.9. The molecule has 0 saturated carbocycles. The van der Waals surface area contributed by atoms with E-state index >= 15 is 0 Å². The highest BCUT2D eigenvalue weighted by molar-refractivity contribution is 6.31. The fraction of sp³-hybridized carbons (Fsp3) is 0.776. The largest absolute Gasteiger partial charge is 0.466 e. The van der Waals surface area contributed by atoms with Crippen molar-refractivity contribution in [3.05, 3.63) is 57.4 Å². The average Bonchev–Trinajstić information content (AvgIpc) is 3.41. The van der Waals surface area contributed by atoms with Crippen LogP contribution in [0.4, 0.5) is 0 Å². The van der Waals surface area contributed by atoms with Crippen molar-refractivity contribution < 1.29 is 82.5 Å². The number of ether oxygens (including phenoxy) is 9. The van der Waals surface area contributed by atoms with Crippen LogP contribution in [0.15, 0.2) is 46.8 Å². The predicted octanol–water partition coefficient (Wildman–Crippen LogP) is 4.17. The van der Waals surface area contributed by atoms with Gasteiger partial charge in [-0.2, -0.15) is 0 Å². The van der Waals surface area contributed by atoms with Crippen LogP contribution >= 0.6 is 11.6 Å². The van der Waals surface area contributed by atoms with E-state index in [0.717, 1.165) is 0 Å². The molecule has 0 radical (unpaired) electrons. The van der Waals surface area contributed by atoms with Gasteiger partial charge in [-0.15, -0.1) is 0 Å². The number of aliphatic hydroxyl groups is 5. The summed E-state index contributed by atoms with van der Waals surface area (Å²) in [7, 11) is 8.41. The molecule has 5 rings (SSSR count). The third-order valence-electron chi connectivity index (χ3n) is 16.5. The van der Waals surface area contributed by atoms with Gasteiger partial charge in [0.1, 0.15) is 30.0 Å². The molecule has 4 aliphatic rings. The molecule has 22 heteroatoms. The topological polar surface area (TPSA) is 280 Å². The van der Waals surface area contributed by atoms with Crippen LogP contribution in [0.1, 0.15) is 120 Å². The summed E-state index contributed by atoms with van der Waals surface area (Å²) < 4.78 is 53.3. The molecule has 3 saturated heterocycles. The summed E-state index contributed by atoms with van der Waals surface area (Å²) in [4.78, 5) is 43.5. The van der Waals surface area contributed by atoms with Crippen molar-refractivity contribution >= 4 is 29.5 Å². The lowest BCUT2D eigenvalue weighted by molar-refractivity contribution is -0.318. The van der Waals surface area contributed by atoms with Crippen molar-refractivity contribution in [2.24, 2.45) is 23.5 Å². The zero-order valence-corrected chi connectivity index (χ0v) is 51.2. The third kappa shape index (κ3) is 16.5. The van der Waals surface area contributed by atoms with E-state index in [4.69, 9.17) is 60.0 Å². The lowest BCUT2D eigenvalue weighted by atomic mass is 9.77. The van der Waals surface area contributed by atoms with E-state index in [1.54, 1.807) is 79.7 Å². The second kappa shape index (κ2) is 29.9. The van der Waals surface area contributed by atoms with Gasteiger partial charge in [-0.25, -0.2) is 9.59 Å². The maximum absolute atomic E-state index is 14.2. The van der Waals surface area contributed by atoms with Gasteiger partial charge in [0.2, 0.25) is 0 Å². The molecule has 0 aliphatic carbocycles. The summed E-state index contributed by atoms with van der Waals surface area (Å²) in [5, 5.41) is 61.7. The third-order valence-corrected chi connectivity index (χ3v) is 16.8. The molecule has 21 nitrogen and oxygen atoms in total. The molecule has 1 unspecified atom stereocenters. The number of hydrogen-bond acceptors (Lipinski definition) is 21. The molecule has 19 atom stereocenters. The Morgan fingerprint density at radius 3 is 2.16 bits per heavy atom. The molecular weight excluding hydrogens is 1060 g/mol. The number of rotatable bonds is 15. The van der Waals surface area contributed by atoms with Gasteiger partial charge in [-0.05, 0) is 120 Å². The first-order valence-corrected chi connectivity index (χ1v) is 28.5. The monoisotopic (exact) mass is 1160 g/mol. The average molecular weight is 1160 g/mol. The number of allylic oxidation sites excluding steroid dienone is 1. The lowest BCUT2D eigenvalue weighted by Gasteiger charge is -2.48. The van der Waals surface area contributed by atoms with Gasteiger partial charge in [0.25, 0.3) is 0 Å². The molecule has 0 bridgehead atoms. The number of nitrogens with one attached hydrogen (secondary N) is 1. The highest BCUT2D eigenvalue weighted by atomic mass is 35.5. The number of methoxy groups -OCH3 is 2. The number of nitrogens with zero attached hydrogens (tertiary/aromatic N) is 2. The van der Waals surface area contributed by atoms with Crippen molar-refractivity contribution in [1.82, 2.24) is 15.1 Å². The molecule has 0 spiro atoms. The van der Waals surface area contributed by atoms with Gasteiger partial charge in [0.05, 0.1) is 91.2 Å². The van der Waals surface area contributed by atoms with E-state index in [-0.39, 0.29) is 56.1 Å². The smallest absolute Gasteiger partial charge is 0.336 e. The normalized spacial score (nSPS) is 38.1. The Bertz CT molecular complexity index is 2250. The summed E-state index contributed by atoms with van der Waals surface area (Å²) in [6, 6.07) is 6.24. The Labute approximate surface area is 479 Å². The Kier molecular flexibility index (Phi) is 25.9. The van der Waals surface area contributed by atoms with Crippen molar-refractivity contribution in [1.29, 1.82) is 0 Å². The molecule has 1 aromatic carbocycles. The number of likely N-dealkylation sites (N-methyl/N-ethyl adjacent to an activating group) is 2. The van der Waals surface area contributed by atoms with Crippen LogP contribution in [0.5, 0.6) is 0 Å². The van der Waals surface area contributed by atoms with Crippen LogP contribution in [0, 0.1) is 17.8 Å². The lowest BCUT2D eigenvalue weighted by Crippen LogP contribution is -2.60. The zero-order chi connectivity index (χ0) is 60.4. The minimum absolute atomic E-state index is 0.109. The Morgan fingerprint density at radius 2 is 1.59 bits per heavy atom. The molecule has 1 aromatic rings. The number of hydrogen-bond donors (Lipinski definition) is 7. The van der Waals surface area contributed by atoms with Gasteiger partial charge in [0.15, 0.2) is 12.6 Å². The number of esters is 3. The maximum atomic E-state index is 14.2. The molecular formula is C58H97ClN4O17. The van der Waals surface area contributed by atoms with Gasteiger partial charge in [-0.3, -0.25) is 4.79 Å². The first-order chi connectivity index (χ1) is 37.4. The molecule has 4 aliphatic heterocycles. The standard InChI is InChI=1S/C38H72N2O12.C20H25ClN2O5/c1-15-27-38(10,46)31(42)24(6)40(13)19-20(2)17-36(8,45)33(52-35-29(41)26(39(11)12)16-21(3)48-35)22(4)30(23(5)34(44)50-27)51-28-18-37(9,47-14)32(43)25(7)49-28;1-4-28-20(25)18-15(11-27-10-9-22)23-12(2)16(19(24)26-3)17(18)13-7-5-6-8-14(13)21/h20-33,35,41-43,45-46H,15-19H2,1-14H3;5-8,17,23H,4,9-11,22H2,1-3H3/t20-,21-,22+,23-,24-,25+,26+,27-,28+,29-,30+,31-,32+,33-,35+,36-,37-,38-;/m1./s1. The van der Waals surface area contributed by atoms with E-state index in [2.05, 4.69) is 5.32 Å². The highest BCUT2D eigenvalue weighted by Gasteiger charge is 2.53. The summed E-state index contributed by atoms with van der Waals surface area (Å²) in [5.74, 6) is -4.45. The minimum Gasteiger partial charge on any atom is -0.466 e. The molecule has 80 heavy (non-hydrogen) atoms. The van der Waals surface area contributed by atoms with E-state index in [1.807, 2.05) is 51.7 Å². The highest BCUT2D eigenvalue weighted by Crippen LogP contribution is 2.43. The van der Waals surface area contributed by atoms with Crippen LogP contribution in [0.25, 0.3) is 0 Å². The summed E-state index contributed by atoms with van der Waals surface area (Å²) in [6.45, 7) is 22.5. The molecule has 0 aromatic heterocycles. The second-order valence-electron chi connectivity index (χ2n) is 23.2. The fourth-order valence-corrected chi connectivity index (χ4v) is 12.1. The van der Waals surface area contributed by atoms with Crippen LogP contribution in [-0.2, 0) is 57.0 Å². The Morgan fingerprint density at radius 1 is 0.938 bits per heavy atom. The van der Waals surface area contributed by atoms with Gasteiger partial charge >= 0.3 is 17.9 Å². The van der Waals surface area contributed by atoms with Crippen molar-refractivity contribution in [2.75, 3.05) is 68.3 Å². The summed E-state index contributed by atoms with van der Waals surface area (Å²) in [6.07, 6.45) is -8.19. The summed E-state index contributed by atoms with van der Waals surface area (Å²) >= 11 is 6.42. The van der Waals surface area contributed by atoms with Crippen molar-refractivity contribution in [3.8, 4) is 0 Å². The minimum atomic E-state index is -1.80. The number of carbonyl (C=O) groups is 3. The number of nitrogens with two attached hydrogens (primary N) is 1. The molecule has 3 fully saturated rings. The van der Waals surface area contributed by atoms with Crippen LogP contribution in [0.2, 0.25) is 5.02 Å². The van der Waals surface area contributed by atoms with Gasteiger partial charge in [0, 0.05) is 55.3 Å². The predicted molar refractivity (Wildman–Crippen MR) is 300 cm³/mol. The number of cyclic esters (lactones) is 1. The Hall–Kier alpha value is -3.36. The van der Waals surface area contributed by atoms with Gasteiger partial charge < -0.3 is 89.0 Å². The number of carbonyl (C=O) groups excluding carboxylic acids is 3. The molecule has 458 valence electrons. The van der Waals surface area contributed by atoms with E-state index in [0.29, 0.717) is 53.7 Å². The zero-order valence-electron chi connectivity index (χ0n) is 50.4. The SMILES string of the molecule is CCOC(=O)C1=C(COCCN)NC(C)=C(C(=O)OC)C1c1ccccc1Cl.CC[C@H]1OC(=O)[C@H](C)[C@@H](O[C@H]2C[C@@](C)(OC)[C@@H](O)[C@H](C)O2)[C@H](C)[C@@H](O[C@@H]2O[C@H](C)C[C@H](N(C)C)[C@H]2O)[C@](C)(O)C[C@@H](C)CN(C)[C@H](C)[C@@H](O)[C@]1(C)O. The number of halogens is 1. The quantitative estimate of drug-likeness (QED) is 0.0737. The van der Waals surface area contributed by atoms with Crippen molar-refractivity contribution in [2.45, 2.75) is 205 Å². The van der Waals surface area contributed by atoms with E-state index < -0.39 is 114 Å². The van der Waals surface area contributed by atoms with Crippen LogP contribution in [-0.4, -0.2) is 212 Å². The first-order valence-electron chi connectivity index (χ1n) is 28.1. The van der Waals surface area contributed by atoms with Crippen LogP contribution < -0.4 is 11.1 Å². The number of aliphatic hydroxyl groups excluding tert-OH is 3. The van der Waals surface area contributed by atoms with Gasteiger partial charge in [-0.1, -0.05) is 50.6 Å². The van der Waals surface area contributed by atoms with E-state index in [9.17, 15) is 39.9 Å². The second-order valence-corrected chi connectivity index (χ2v) is 23.6. The Balaban J connectivity index is 0.000000413. The first kappa shape index (κ1) is 69.1. The number of benzene rings is 1. The summed E-state index contributed by atoms with van der Waals surface area (Å²) in [5.41, 5.74) is 3.33. The van der Waals surface area contributed by atoms with Crippen molar-refractivity contribution in [3.63, 3.8) is 0 Å². The molecule has 0 amide bonds. The van der Waals surface area contributed by atoms with Crippen LogP contribution in [0.3, 0.4) is 0 Å². The maximum Gasteiger partial charge on any atom is 0.336 e. The molecule has 4 heterocycles.